The second-order valence-corrected chi connectivity index (χ2v) is 5.03. The number of hydrogen-bond acceptors (Lipinski definition) is 4. The average Bonchev–Trinajstić information content (AvgIpc) is 2.76. The van der Waals surface area contributed by atoms with Crippen molar-refractivity contribution in [3.05, 3.63) is 11.1 Å². The second-order valence-electron chi connectivity index (χ2n) is 3.94. The highest BCUT2D eigenvalue weighted by Gasteiger charge is 2.13. The Hall–Kier alpha value is -0.610. The predicted octanol–water partition coefficient (Wildman–Crippen LogP) is 2.24. The lowest BCUT2D eigenvalue weighted by Crippen LogP contribution is -2.29. The molecule has 3 nitrogen and oxygen atoms in total. The fourth-order valence-electron chi connectivity index (χ4n) is 1.86. The maximum atomic E-state index is 4.50. The molecule has 1 aromatic heterocycles. The van der Waals surface area contributed by atoms with E-state index in [1.807, 2.05) is 17.5 Å². The summed E-state index contributed by atoms with van der Waals surface area (Å²) in [6.45, 7) is 6.49. The Morgan fingerprint density at radius 1 is 1.40 bits per heavy atom. The molecule has 0 radical (unpaired) electrons. The molecule has 0 atom stereocenters. The molecule has 0 aromatic carbocycles. The van der Waals surface area contributed by atoms with E-state index < -0.39 is 0 Å². The summed E-state index contributed by atoms with van der Waals surface area (Å²) in [6, 6.07) is 0. The largest absolute Gasteiger partial charge is 0.348 e. The van der Waals surface area contributed by atoms with Crippen LogP contribution in [0, 0.1) is 0 Å². The zero-order chi connectivity index (χ0) is 10.5. The van der Waals surface area contributed by atoms with Gasteiger partial charge in [0.05, 0.1) is 0 Å². The lowest BCUT2D eigenvalue weighted by atomic mass is 10.1. The van der Waals surface area contributed by atoms with Gasteiger partial charge < -0.3 is 10.2 Å². The lowest BCUT2D eigenvalue weighted by Gasteiger charge is -2.25. The van der Waals surface area contributed by atoms with Gasteiger partial charge in [-0.05, 0) is 25.8 Å². The third-order valence-electron chi connectivity index (χ3n) is 2.72. The molecule has 1 aromatic rings. The summed E-state index contributed by atoms with van der Waals surface area (Å²) in [4.78, 5) is 8.26. The van der Waals surface area contributed by atoms with Crippen LogP contribution in [0.5, 0.6) is 0 Å². The van der Waals surface area contributed by atoms with Gasteiger partial charge >= 0.3 is 0 Å². The summed E-state index contributed by atoms with van der Waals surface area (Å²) in [6.07, 6.45) is 6.04. The van der Waals surface area contributed by atoms with Crippen LogP contribution >= 0.6 is 11.3 Å². The van der Waals surface area contributed by atoms with Gasteiger partial charge in [-0.1, -0.05) is 6.92 Å². The number of rotatable bonds is 4. The van der Waals surface area contributed by atoms with Gasteiger partial charge in [-0.15, -0.1) is 11.3 Å². The minimum Gasteiger partial charge on any atom is -0.348 e. The molecule has 0 unspecified atom stereocenters. The highest BCUT2D eigenvalue weighted by molar-refractivity contribution is 7.15. The molecule has 1 aliphatic rings. The summed E-state index contributed by atoms with van der Waals surface area (Å²) in [5.74, 6) is 0. The smallest absolute Gasteiger partial charge is 0.185 e. The minimum absolute atomic E-state index is 0.960. The normalized spacial score (nSPS) is 17.0. The van der Waals surface area contributed by atoms with Crippen molar-refractivity contribution < 1.29 is 0 Å². The zero-order valence-corrected chi connectivity index (χ0v) is 10.1. The molecular weight excluding hydrogens is 206 g/mol. The van der Waals surface area contributed by atoms with E-state index in [2.05, 4.69) is 22.1 Å². The summed E-state index contributed by atoms with van der Waals surface area (Å²) < 4.78 is 0. The van der Waals surface area contributed by atoms with Crippen LogP contribution < -0.4 is 10.2 Å². The molecule has 0 amide bonds. The van der Waals surface area contributed by atoms with Gasteiger partial charge in [0.2, 0.25) is 0 Å². The monoisotopic (exact) mass is 225 g/mol. The summed E-state index contributed by atoms with van der Waals surface area (Å²) >= 11 is 1.83. The molecule has 2 heterocycles. The molecule has 0 aliphatic carbocycles. The molecular formula is C11H19N3S. The number of nitrogens with one attached hydrogen (secondary N) is 1. The van der Waals surface area contributed by atoms with Crippen LogP contribution in [0.25, 0.3) is 0 Å². The van der Waals surface area contributed by atoms with Crippen molar-refractivity contribution in [2.45, 2.75) is 32.7 Å². The van der Waals surface area contributed by atoms with Crippen molar-refractivity contribution >= 4 is 16.5 Å². The van der Waals surface area contributed by atoms with Gasteiger partial charge in [0.25, 0.3) is 0 Å². The van der Waals surface area contributed by atoms with E-state index >= 15 is 0 Å². The van der Waals surface area contributed by atoms with Crippen molar-refractivity contribution in [3.63, 3.8) is 0 Å². The van der Waals surface area contributed by atoms with E-state index in [1.165, 1.54) is 42.4 Å². The van der Waals surface area contributed by atoms with Crippen molar-refractivity contribution in [3.8, 4) is 0 Å². The third kappa shape index (κ3) is 2.92. The first kappa shape index (κ1) is 10.9. The van der Waals surface area contributed by atoms with Gasteiger partial charge in [0.15, 0.2) is 5.13 Å². The Morgan fingerprint density at radius 3 is 2.93 bits per heavy atom. The molecule has 84 valence electrons. The van der Waals surface area contributed by atoms with E-state index in [-0.39, 0.29) is 0 Å². The Bertz CT molecular complexity index is 292. The molecule has 1 fully saturated rings. The number of hydrogen-bond donors (Lipinski definition) is 1. The molecule has 0 saturated carbocycles. The first-order valence-corrected chi connectivity index (χ1v) is 6.62. The van der Waals surface area contributed by atoms with Crippen LogP contribution in [0.1, 0.15) is 31.1 Å². The molecule has 0 bridgehead atoms. The first-order valence-electron chi connectivity index (χ1n) is 5.80. The second kappa shape index (κ2) is 5.47. The number of anilines is 1. The van der Waals surface area contributed by atoms with Gasteiger partial charge in [-0.3, -0.25) is 0 Å². The molecule has 2 rings (SSSR count). The average molecular weight is 225 g/mol. The molecule has 0 spiro atoms. The maximum absolute atomic E-state index is 4.50. The number of thiazole rings is 1. The Kier molecular flexibility index (Phi) is 3.97. The summed E-state index contributed by atoms with van der Waals surface area (Å²) in [7, 11) is 0. The fraction of sp³-hybridized carbons (Fsp3) is 0.727. The van der Waals surface area contributed by atoms with Crippen LogP contribution in [0.15, 0.2) is 6.20 Å². The molecule has 4 heteroatoms. The summed E-state index contributed by atoms with van der Waals surface area (Å²) in [5.41, 5.74) is 0. The predicted molar refractivity (Wildman–Crippen MR) is 65.6 cm³/mol. The molecule has 1 saturated heterocycles. The van der Waals surface area contributed by atoms with Crippen molar-refractivity contribution in [2.75, 3.05) is 24.5 Å². The van der Waals surface area contributed by atoms with Crippen LogP contribution in [-0.2, 0) is 6.54 Å². The van der Waals surface area contributed by atoms with E-state index in [0.29, 0.717) is 0 Å². The van der Waals surface area contributed by atoms with Crippen molar-refractivity contribution in [2.24, 2.45) is 0 Å². The quantitative estimate of drug-likeness (QED) is 0.852. The molecule has 1 aliphatic heterocycles. The van der Waals surface area contributed by atoms with Crippen LogP contribution in [0.4, 0.5) is 5.13 Å². The number of piperidine rings is 1. The van der Waals surface area contributed by atoms with Crippen LogP contribution in [-0.4, -0.2) is 24.6 Å². The number of nitrogens with zero attached hydrogens (tertiary/aromatic N) is 2. The SMILES string of the molecule is CCNCc1cnc(N2CCCCC2)s1. The van der Waals surface area contributed by atoms with E-state index in [4.69, 9.17) is 0 Å². The van der Waals surface area contributed by atoms with Crippen LogP contribution in [0.3, 0.4) is 0 Å². The highest BCUT2D eigenvalue weighted by Crippen LogP contribution is 2.25. The van der Waals surface area contributed by atoms with Gasteiger partial charge in [0, 0.05) is 30.7 Å². The topological polar surface area (TPSA) is 28.2 Å². The van der Waals surface area contributed by atoms with E-state index in [1.54, 1.807) is 0 Å². The van der Waals surface area contributed by atoms with Crippen LogP contribution in [0.2, 0.25) is 0 Å². The van der Waals surface area contributed by atoms with E-state index in [0.717, 1.165) is 13.1 Å². The maximum Gasteiger partial charge on any atom is 0.185 e. The van der Waals surface area contributed by atoms with Crippen molar-refractivity contribution in [1.29, 1.82) is 0 Å². The molecule has 1 N–H and O–H groups in total. The minimum atomic E-state index is 0.960. The fourth-order valence-corrected chi connectivity index (χ4v) is 2.79. The standard InChI is InChI=1S/C11H19N3S/c1-2-12-8-10-9-13-11(15-10)14-6-4-3-5-7-14/h9,12H,2-8H2,1H3. The van der Waals surface area contributed by atoms with Gasteiger partial charge in [0.1, 0.15) is 0 Å². The van der Waals surface area contributed by atoms with E-state index in [9.17, 15) is 0 Å². The lowest BCUT2D eigenvalue weighted by molar-refractivity contribution is 0.577. The van der Waals surface area contributed by atoms with Crippen molar-refractivity contribution in [1.82, 2.24) is 10.3 Å². The Balaban J connectivity index is 1.93. The highest BCUT2D eigenvalue weighted by atomic mass is 32.1. The first-order chi connectivity index (χ1) is 7.40. The zero-order valence-electron chi connectivity index (χ0n) is 9.33. The molecule has 15 heavy (non-hydrogen) atoms. The third-order valence-corrected chi connectivity index (χ3v) is 3.78. The van der Waals surface area contributed by atoms with Gasteiger partial charge in [-0.25, -0.2) is 4.98 Å². The number of aromatic nitrogens is 1. The van der Waals surface area contributed by atoms with Gasteiger partial charge in [-0.2, -0.15) is 0 Å². The Morgan fingerprint density at radius 2 is 2.20 bits per heavy atom. The summed E-state index contributed by atoms with van der Waals surface area (Å²) in [5, 5.41) is 4.54. The Labute approximate surface area is 95.5 Å².